The van der Waals surface area contributed by atoms with E-state index in [1.807, 2.05) is 21.1 Å². The van der Waals surface area contributed by atoms with Crippen LogP contribution in [0.1, 0.15) is 354 Å². The molecule has 0 bridgehead atoms. The third-order valence-corrected chi connectivity index (χ3v) is 18.6. The Kier molecular flexibility index (Phi) is 74.8. The van der Waals surface area contributed by atoms with Gasteiger partial charge in [-0.1, -0.05) is 384 Å². The molecule has 0 heterocycles. The molecule has 0 aromatic rings. The third kappa shape index (κ3) is 82.7. The van der Waals surface area contributed by atoms with Gasteiger partial charge in [0.25, 0.3) is 7.82 Å². The highest BCUT2D eigenvalue weighted by Crippen LogP contribution is 2.38. The average molecular weight is 1400 g/mol. The molecule has 0 aromatic heterocycles. The lowest BCUT2D eigenvalue weighted by Gasteiger charge is -2.28. The number of esters is 2. The summed E-state index contributed by atoms with van der Waals surface area (Å²) in [5.74, 6) is -0.858. The van der Waals surface area contributed by atoms with E-state index >= 15 is 0 Å². The summed E-state index contributed by atoms with van der Waals surface area (Å²) in [6.45, 7) is 4.13. The minimum absolute atomic E-state index is 0.0416. The summed E-state index contributed by atoms with van der Waals surface area (Å²) in [5.41, 5.74) is 0. The standard InChI is InChI=1S/C89H154NO8P/c1-6-8-10-12-14-16-18-20-22-24-26-28-30-32-34-36-38-40-42-43-44-45-46-47-48-50-52-54-56-58-60-62-64-66-68-70-72-74-76-78-80-82-89(92)98-87(86-97-99(93,94)96-84-83-90(3,4)5)85-95-88(91)81-79-77-75-73-71-69-67-65-63-61-59-57-55-53-51-49-41-39-37-35-33-31-29-27-25-23-21-19-17-15-13-11-9-7-2/h8,10,14,16,20,22,26,28,32,34,38,40,43-44,46-47,50,52,56,58,62,64,68,70,87H,6-7,9,11-13,15,17-19,21,23-25,27,29-31,33,35-37,39,41-42,45,48-49,51,53-55,57,59-61,63,65-67,69,71-86H2,1-5H3/b10-8-,16-14-,22-20-,28-26-,34-32-,40-38-,44-43-,47-46-,52-50-,58-56-,64-62-,70-68-. The molecule has 0 aliphatic heterocycles. The molecule has 0 radical (unpaired) electrons. The van der Waals surface area contributed by atoms with Crippen molar-refractivity contribution < 1.29 is 42.1 Å². The van der Waals surface area contributed by atoms with Crippen molar-refractivity contribution in [2.24, 2.45) is 0 Å². The second-order valence-corrected chi connectivity index (χ2v) is 29.8. The summed E-state index contributed by atoms with van der Waals surface area (Å²) < 4.78 is 34.4. The van der Waals surface area contributed by atoms with Crippen LogP contribution in [0.5, 0.6) is 0 Å². The monoisotopic (exact) mass is 1400 g/mol. The maximum Gasteiger partial charge on any atom is 0.306 e. The van der Waals surface area contributed by atoms with Crippen molar-refractivity contribution in [1.82, 2.24) is 0 Å². The molecule has 2 unspecified atom stereocenters. The zero-order valence-corrected chi connectivity index (χ0v) is 65.8. The van der Waals surface area contributed by atoms with Crippen molar-refractivity contribution in [1.29, 1.82) is 0 Å². The lowest BCUT2D eigenvalue weighted by molar-refractivity contribution is -0.870. The van der Waals surface area contributed by atoms with Crippen LogP contribution in [0.25, 0.3) is 0 Å². The zero-order valence-electron chi connectivity index (χ0n) is 64.9. The summed E-state index contributed by atoms with van der Waals surface area (Å²) in [7, 11) is 1.14. The number of carbonyl (C=O) groups excluding carboxylic acids is 2. The Morgan fingerprint density at radius 3 is 0.859 bits per heavy atom. The zero-order chi connectivity index (χ0) is 71.8. The quantitative estimate of drug-likeness (QED) is 0.0195. The molecule has 0 amide bonds. The van der Waals surface area contributed by atoms with Gasteiger partial charge < -0.3 is 27.9 Å². The van der Waals surface area contributed by atoms with Crippen LogP contribution >= 0.6 is 7.82 Å². The van der Waals surface area contributed by atoms with Crippen molar-refractivity contribution in [2.45, 2.75) is 360 Å². The smallest absolute Gasteiger partial charge is 0.306 e. The molecule has 0 aliphatic rings. The van der Waals surface area contributed by atoms with Crippen molar-refractivity contribution in [3.8, 4) is 0 Å². The Bertz CT molecular complexity index is 2190. The number of hydrogen-bond acceptors (Lipinski definition) is 8. The van der Waals surface area contributed by atoms with Gasteiger partial charge in [-0.25, -0.2) is 0 Å². The normalized spacial score (nSPS) is 13.8. The van der Waals surface area contributed by atoms with Crippen LogP contribution in [0.2, 0.25) is 0 Å². The van der Waals surface area contributed by atoms with Gasteiger partial charge in [0.2, 0.25) is 0 Å². The molecule has 2 atom stereocenters. The van der Waals surface area contributed by atoms with Crippen molar-refractivity contribution >= 4 is 19.8 Å². The maximum absolute atomic E-state index is 12.9. The van der Waals surface area contributed by atoms with Gasteiger partial charge in [-0.15, -0.1) is 0 Å². The van der Waals surface area contributed by atoms with Crippen LogP contribution in [-0.4, -0.2) is 70.0 Å². The molecular weight excluding hydrogens is 1240 g/mol. The predicted octanol–water partition coefficient (Wildman–Crippen LogP) is 27.0. The van der Waals surface area contributed by atoms with Crippen LogP contribution in [0.15, 0.2) is 146 Å². The summed E-state index contributed by atoms with van der Waals surface area (Å²) in [6, 6.07) is 0. The number of carbonyl (C=O) groups is 2. The molecule has 10 heteroatoms. The molecular formula is C89H154NO8P. The first-order chi connectivity index (χ1) is 48.5. The first-order valence-corrected chi connectivity index (χ1v) is 42.5. The second-order valence-electron chi connectivity index (χ2n) is 28.4. The fourth-order valence-electron chi connectivity index (χ4n) is 11.4. The van der Waals surface area contributed by atoms with Crippen LogP contribution in [0, 0.1) is 0 Å². The Balaban J connectivity index is 4.06. The van der Waals surface area contributed by atoms with Crippen LogP contribution in [0.3, 0.4) is 0 Å². The van der Waals surface area contributed by atoms with E-state index < -0.39 is 26.5 Å². The van der Waals surface area contributed by atoms with Gasteiger partial charge in [0.05, 0.1) is 27.7 Å². The van der Waals surface area contributed by atoms with E-state index in [4.69, 9.17) is 18.5 Å². The average Bonchev–Trinajstić information content (AvgIpc) is 0.987. The number of hydrogen-bond donors (Lipinski definition) is 0. The number of ether oxygens (including phenoxy) is 2. The number of phosphoric acid groups is 1. The number of quaternary nitrogens is 1. The van der Waals surface area contributed by atoms with Gasteiger partial charge in [-0.05, 0) is 103 Å². The highest BCUT2D eigenvalue weighted by molar-refractivity contribution is 7.45. The number of nitrogens with zero attached hydrogens (tertiary/aromatic N) is 1. The molecule has 0 saturated heterocycles. The fourth-order valence-corrected chi connectivity index (χ4v) is 12.1. The molecule has 0 fully saturated rings. The predicted molar refractivity (Wildman–Crippen MR) is 429 cm³/mol. The van der Waals surface area contributed by atoms with Gasteiger partial charge in [0.15, 0.2) is 6.10 Å². The summed E-state index contributed by atoms with van der Waals surface area (Å²) >= 11 is 0. The van der Waals surface area contributed by atoms with Gasteiger partial charge in [0, 0.05) is 12.8 Å². The van der Waals surface area contributed by atoms with E-state index in [-0.39, 0.29) is 32.0 Å². The van der Waals surface area contributed by atoms with E-state index in [1.54, 1.807) is 0 Å². The number of unbranched alkanes of at least 4 members (excludes halogenated alkanes) is 37. The Labute approximate surface area is 612 Å². The summed E-state index contributed by atoms with van der Waals surface area (Å²) in [5, 5.41) is 0. The Hall–Kier alpha value is -4.11. The van der Waals surface area contributed by atoms with E-state index in [0.29, 0.717) is 17.4 Å². The van der Waals surface area contributed by atoms with Crippen LogP contribution in [0.4, 0.5) is 0 Å². The fraction of sp³-hybridized carbons (Fsp3) is 0.708. The van der Waals surface area contributed by atoms with Crippen molar-refractivity contribution in [3.05, 3.63) is 146 Å². The lowest BCUT2D eigenvalue weighted by atomic mass is 10.0. The summed E-state index contributed by atoms with van der Waals surface area (Å²) in [4.78, 5) is 38.2. The van der Waals surface area contributed by atoms with E-state index in [1.165, 1.54) is 199 Å². The third-order valence-electron chi connectivity index (χ3n) is 17.6. The lowest BCUT2D eigenvalue weighted by Crippen LogP contribution is -2.37. The van der Waals surface area contributed by atoms with Crippen molar-refractivity contribution in [3.63, 3.8) is 0 Å². The van der Waals surface area contributed by atoms with Crippen LogP contribution in [-0.2, 0) is 32.7 Å². The largest absolute Gasteiger partial charge is 0.756 e. The first kappa shape index (κ1) is 94.9. The van der Waals surface area contributed by atoms with Gasteiger partial charge in [-0.3, -0.25) is 14.2 Å². The van der Waals surface area contributed by atoms with E-state index in [9.17, 15) is 19.0 Å². The van der Waals surface area contributed by atoms with Gasteiger partial charge >= 0.3 is 11.9 Å². The van der Waals surface area contributed by atoms with Crippen molar-refractivity contribution in [2.75, 3.05) is 47.5 Å². The second kappa shape index (κ2) is 78.0. The van der Waals surface area contributed by atoms with E-state index in [0.717, 1.165) is 122 Å². The number of phosphoric ester groups is 1. The molecule has 0 spiro atoms. The van der Waals surface area contributed by atoms with Gasteiger partial charge in [-0.2, -0.15) is 0 Å². The minimum Gasteiger partial charge on any atom is -0.756 e. The van der Waals surface area contributed by atoms with E-state index in [2.05, 4.69) is 160 Å². The SMILES string of the molecule is CC/C=C\C/C=C\C/C=C\C/C=C\C/C=C\C/C=C\C/C=C\C/C=C\C/C=C\C/C=C\C/C=C\C/C=C\CCCCCCC(=O)OC(COC(=O)CCCCCCCCCCCCCCCCCCCCCCCCCCCCCCCCCCCC)COP(=O)([O-])OCC[N+](C)(C)C. The molecule has 0 rings (SSSR count). The maximum atomic E-state index is 12.9. The molecule has 0 aromatic carbocycles. The van der Waals surface area contributed by atoms with Crippen LogP contribution < -0.4 is 4.89 Å². The highest BCUT2D eigenvalue weighted by Gasteiger charge is 2.22. The number of likely N-dealkylation sites (N-methyl/N-ethyl adjacent to an activating group) is 1. The Morgan fingerprint density at radius 2 is 0.576 bits per heavy atom. The first-order valence-electron chi connectivity index (χ1n) is 41.0. The minimum atomic E-state index is -4.66. The highest BCUT2D eigenvalue weighted by atomic mass is 31.2. The summed E-state index contributed by atoms with van der Waals surface area (Å²) in [6.07, 6.45) is 116. The molecule has 568 valence electrons. The molecule has 0 N–H and O–H groups in total. The van der Waals surface area contributed by atoms with Gasteiger partial charge in [0.1, 0.15) is 19.8 Å². The number of rotatable bonds is 75. The Morgan fingerprint density at radius 1 is 0.323 bits per heavy atom. The number of allylic oxidation sites excluding steroid dienone is 24. The molecule has 0 aliphatic carbocycles. The molecule has 0 saturated carbocycles. The molecule has 9 nitrogen and oxygen atoms in total. The topological polar surface area (TPSA) is 111 Å². The molecule has 99 heavy (non-hydrogen) atoms.